The molecule has 0 N–H and O–H groups in total. The molecule has 2 aromatic rings. The number of hydrogen-bond acceptors (Lipinski definition) is 3. The summed E-state index contributed by atoms with van der Waals surface area (Å²) >= 11 is 0. The van der Waals surface area contributed by atoms with Crippen molar-refractivity contribution in [2.75, 3.05) is 20.1 Å². The Morgan fingerprint density at radius 2 is 1.96 bits per heavy atom. The molecule has 2 fully saturated rings. The molecule has 0 spiro atoms. The van der Waals surface area contributed by atoms with Crippen LogP contribution in [0, 0.1) is 6.92 Å². The first-order valence-corrected chi connectivity index (χ1v) is 10.7. The fourth-order valence-electron chi connectivity index (χ4n) is 5.14. The topological polar surface area (TPSA) is 41.4 Å². The minimum absolute atomic E-state index is 0.275. The van der Waals surface area contributed by atoms with Crippen LogP contribution in [-0.4, -0.2) is 57.7 Å². The summed E-state index contributed by atoms with van der Waals surface area (Å²) < 4.78 is 1.93. The number of aromatic nitrogens is 2. The van der Waals surface area contributed by atoms with Crippen LogP contribution in [0.2, 0.25) is 0 Å². The molecule has 0 saturated carbocycles. The van der Waals surface area contributed by atoms with Gasteiger partial charge < -0.3 is 9.80 Å². The zero-order valence-electron chi connectivity index (χ0n) is 17.1. The predicted molar refractivity (Wildman–Crippen MR) is 111 cm³/mol. The van der Waals surface area contributed by atoms with Gasteiger partial charge in [0.25, 0.3) is 0 Å². The monoisotopic (exact) mass is 380 g/mol. The summed E-state index contributed by atoms with van der Waals surface area (Å²) in [6.07, 6.45) is 7.19. The largest absolute Gasteiger partial charge is 0.337 e. The number of likely N-dealkylation sites (N-methyl/N-ethyl adjacent to an activating group) is 1. The van der Waals surface area contributed by atoms with Gasteiger partial charge in [0, 0.05) is 49.4 Å². The summed E-state index contributed by atoms with van der Waals surface area (Å²) in [5.74, 6) is 0.669. The van der Waals surface area contributed by atoms with Crippen LogP contribution in [0.15, 0.2) is 42.6 Å². The standard InChI is InChI=1S/C23H32N4O/c1-18-12-14-24-27(18)16-13-22(28)26-17-20(19-9-5-3-6-10-19)23-21(26)11-7-4-8-15-25(23)2/h3,5-6,9-10,12,14,20-21,23H,4,7-8,11,13,15-17H2,1-2H3/t20-,21+,23-/m0/s1. The van der Waals surface area contributed by atoms with Gasteiger partial charge in [-0.15, -0.1) is 0 Å². The Labute approximate surface area is 168 Å². The van der Waals surface area contributed by atoms with Crippen molar-refractivity contribution in [1.82, 2.24) is 19.6 Å². The first kappa shape index (κ1) is 19.2. The molecule has 4 rings (SSSR count). The van der Waals surface area contributed by atoms with E-state index in [-0.39, 0.29) is 5.91 Å². The van der Waals surface area contributed by atoms with E-state index >= 15 is 0 Å². The maximum atomic E-state index is 13.3. The first-order chi connectivity index (χ1) is 13.6. The average Bonchev–Trinajstić information content (AvgIpc) is 3.28. The Morgan fingerprint density at radius 3 is 2.71 bits per heavy atom. The van der Waals surface area contributed by atoms with E-state index in [1.54, 1.807) is 6.20 Å². The van der Waals surface area contributed by atoms with Crippen LogP contribution in [-0.2, 0) is 11.3 Å². The SMILES string of the molecule is Cc1ccnn1CCC(=O)N1C[C@@H](c2ccccc2)[C@H]2[C@H]1CCCCCN2C. The summed E-state index contributed by atoms with van der Waals surface area (Å²) in [5, 5.41) is 4.34. The van der Waals surface area contributed by atoms with Crippen LogP contribution in [0.4, 0.5) is 0 Å². The van der Waals surface area contributed by atoms with Crippen molar-refractivity contribution in [2.24, 2.45) is 0 Å². The molecule has 5 nitrogen and oxygen atoms in total. The number of benzene rings is 1. The lowest BCUT2D eigenvalue weighted by Gasteiger charge is -2.37. The molecule has 0 unspecified atom stereocenters. The number of fused-ring (bicyclic) bond motifs is 1. The van der Waals surface area contributed by atoms with Crippen LogP contribution in [0.25, 0.3) is 0 Å². The third-order valence-corrected chi connectivity index (χ3v) is 6.63. The van der Waals surface area contributed by atoms with Crippen molar-refractivity contribution >= 4 is 5.91 Å². The Balaban J connectivity index is 1.55. The number of nitrogens with zero attached hydrogens (tertiary/aromatic N) is 4. The molecule has 2 aliphatic rings. The maximum Gasteiger partial charge on any atom is 0.224 e. The molecular weight excluding hydrogens is 348 g/mol. The van der Waals surface area contributed by atoms with Gasteiger partial charge in [-0.2, -0.15) is 5.10 Å². The van der Waals surface area contributed by atoms with Crippen molar-refractivity contribution in [1.29, 1.82) is 0 Å². The summed E-state index contributed by atoms with van der Waals surface area (Å²) in [6, 6.07) is 13.5. The third-order valence-electron chi connectivity index (χ3n) is 6.63. The van der Waals surface area contributed by atoms with Crippen LogP contribution >= 0.6 is 0 Å². The lowest BCUT2D eigenvalue weighted by Crippen LogP contribution is -2.47. The molecular formula is C23H32N4O. The number of likely N-dealkylation sites (tertiary alicyclic amines) is 2. The Morgan fingerprint density at radius 1 is 1.14 bits per heavy atom. The van der Waals surface area contributed by atoms with Gasteiger partial charge >= 0.3 is 0 Å². The van der Waals surface area contributed by atoms with E-state index in [0.29, 0.717) is 31.0 Å². The third kappa shape index (κ3) is 3.86. The van der Waals surface area contributed by atoms with Crippen molar-refractivity contribution in [3.8, 4) is 0 Å². The fraction of sp³-hybridized carbons (Fsp3) is 0.565. The summed E-state index contributed by atoms with van der Waals surface area (Å²) in [5.41, 5.74) is 2.48. The summed E-state index contributed by atoms with van der Waals surface area (Å²) in [7, 11) is 2.25. The van der Waals surface area contributed by atoms with Gasteiger partial charge in [0.15, 0.2) is 0 Å². The molecule has 1 aromatic heterocycles. The van der Waals surface area contributed by atoms with E-state index in [2.05, 4.69) is 52.3 Å². The molecule has 2 aliphatic heterocycles. The normalized spacial score (nSPS) is 25.9. The number of carbonyl (C=O) groups is 1. The van der Waals surface area contributed by atoms with Crippen LogP contribution in [0.5, 0.6) is 0 Å². The quantitative estimate of drug-likeness (QED) is 0.816. The Hall–Kier alpha value is -2.14. The van der Waals surface area contributed by atoms with E-state index in [1.807, 2.05) is 17.7 Å². The zero-order chi connectivity index (χ0) is 19.5. The lowest BCUT2D eigenvalue weighted by atomic mass is 9.87. The number of amides is 1. The molecule has 3 atom stereocenters. The van der Waals surface area contributed by atoms with Gasteiger partial charge in [0.05, 0.1) is 0 Å². The molecule has 0 radical (unpaired) electrons. The van der Waals surface area contributed by atoms with E-state index in [0.717, 1.165) is 25.2 Å². The highest BCUT2D eigenvalue weighted by Gasteiger charge is 2.45. The molecule has 5 heteroatoms. The fourth-order valence-corrected chi connectivity index (χ4v) is 5.14. The minimum atomic E-state index is 0.275. The van der Waals surface area contributed by atoms with E-state index in [9.17, 15) is 4.79 Å². The molecule has 1 amide bonds. The molecule has 28 heavy (non-hydrogen) atoms. The van der Waals surface area contributed by atoms with Crippen molar-refractivity contribution in [3.05, 3.63) is 53.9 Å². The summed E-state index contributed by atoms with van der Waals surface area (Å²) in [6.45, 7) is 4.66. The van der Waals surface area contributed by atoms with Gasteiger partial charge in [0.2, 0.25) is 5.91 Å². The highest BCUT2D eigenvalue weighted by molar-refractivity contribution is 5.77. The second kappa shape index (κ2) is 8.48. The highest BCUT2D eigenvalue weighted by Crippen LogP contribution is 2.38. The predicted octanol–water partition coefficient (Wildman–Crippen LogP) is 3.45. The lowest BCUT2D eigenvalue weighted by molar-refractivity contribution is -0.133. The molecule has 2 saturated heterocycles. The summed E-state index contributed by atoms with van der Waals surface area (Å²) in [4.78, 5) is 18.0. The molecule has 150 valence electrons. The molecule has 3 heterocycles. The molecule has 1 aromatic carbocycles. The Bertz CT molecular complexity index is 787. The van der Waals surface area contributed by atoms with Gasteiger partial charge in [0.1, 0.15) is 0 Å². The van der Waals surface area contributed by atoms with Gasteiger partial charge in [-0.05, 0) is 45.0 Å². The van der Waals surface area contributed by atoms with E-state index in [4.69, 9.17) is 0 Å². The number of rotatable bonds is 4. The van der Waals surface area contributed by atoms with Crippen LogP contribution < -0.4 is 0 Å². The second-order valence-electron chi connectivity index (χ2n) is 8.40. The smallest absolute Gasteiger partial charge is 0.224 e. The molecule has 0 aliphatic carbocycles. The van der Waals surface area contributed by atoms with Crippen LogP contribution in [0.1, 0.15) is 49.3 Å². The number of hydrogen-bond donors (Lipinski definition) is 0. The number of carbonyl (C=O) groups excluding carboxylic acids is 1. The van der Waals surface area contributed by atoms with Crippen molar-refractivity contribution in [3.63, 3.8) is 0 Å². The van der Waals surface area contributed by atoms with E-state index in [1.165, 1.54) is 24.8 Å². The number of aryl methyl sites for hydroxylation is 2. The first-order valence-electron chi connectivity index (χ1n) is 10.7. The minimum Gasteiger partial charge on any atom is -0.337 e. The van der Waals surface area contributed by atoms with Crippen molar-refractivity contribution in [2.45, 2.75) is 63.6 Å². The maximum absolute atomic E-state index is 13.3. The Kier molecular flexibility index (Phi) is 5.81. The average molecular weight is 381 g/mol. The molecule has 0 bridgehead atoms. The van der Waals surface area contributed by atoms with Crippen LogP contribution in [0.3, 0.4) is 0 Å². The van der Waals surface area contributed by atoms with E-state index < -0.39 is 0 Å². The van der Waals surface area contributed by atoms with Crippen molar-refractivity contribution < 1.29 is 4.79 Å². The highest BCUT2D eigenvalue weighted by atomic mass is 16.2. The zero-order valence-corrected chi connectivity index (χ0v) is 17.1. The van der Waals surface area contributed by atoms with Gasteiger partial charge in [-0.3, -0.25) is 9.48 Å². The van der Waals surface area contributed by atoms with Gasteiger partial charge in [-0.1, -0.05) is 43.2 Å². The van der Waals surface area contributed by atoms with Gasteiger partial charge in [-0.25, -0.2) is 0 Å². The second-order valence-corrected chi connectivity index (χ2v) is 8.40.